The van der Waals surface area contributed by atoms with E-state index in [1.165, 1.54) is 12.1 Å². The number of thioether (sulfide) groups is 1. The van der Waals surface area contributed by atoms with Crippen LogP contribution in [0.15, 0.2) is 48.5 Å². The predicted octanol–water partition coefficient (Wildman–Crippen LogP) is 4.01. The summed E-state index contributed by atoms with van der Waals surface area (Å²) < 4.78 is 30.3. The number of hydrogen-bond donors (Lipinski definition) is 1. The van der Waals surface area contributed by atoms with E-state index in [0.717, 1.165) is 22.8 Å². The molecule has 0 spiro atoms. The molecule has 1 amide bonds. The monoisotopic (exact) mass is 403 g/mol. The fourth-order valence-electron chi connectivity index (χ4n) is 2.93. The molecule has 2 heterocycles. The molecule has 0 radical (unpaired) electrons. The van der Waals surface area contributed by atoms with Gasteiger partial charge in [0.15, 0.2) is 6.29 Å². The molecular formula is C21H22FNO4S. The summed E-state index contributed by atoms with van der Waals surface area (Å²) in [5.41, 5.74) is 0.612. The van der Waals surface area contributed by atoms with E-state index in [1.807, 2.05) is 36.0 Å². The van der Waals surface area contributed by atoms with Crippen LogP contribution in [0.1, 0.15) is 18.8 Å². The van der Waals surface area contributed by atoms with Crippen molar-refractivity contribution in [2.45, 2.75) is 19.3 Å². The second kappa shape index (κ2) is 8.11. The minimum absolute atomic E-state index is 0.172. The average molecular weight is 403 g/mol. The molecule has 2 aromatic rings. The second-order valence-corrected chi connectivity index (χ2v) is 8.40. The highest BCUT2D eigenvalue weighted by Gasteiger charge is 2.40. The Morgan fingerprint density at radius 1 is 1.11 bits per heavy atom. The van der Waals surface area contributed by atoms with Gasteiger partial charge in [0.1, 0.15) is 17.7 Å². The molecule has 5 nitrogen and oxygen atoms in total. The molecule has 2 aliphatic rings. The highest BCUT2D eigenvalue weighted by molar-refractivity contribution is 8.00. The Balaban J connectivity index is 1.32. The molecular weight excluding hydrogens is 381 g/mol. The number of benzene rings is 2. The molecule has 28 heavy (non-hydrogen) atoms. The highest BCUT2D eigenvalue weighted by atomic mass is 32.2. The molecule has 2 aromatic carbocycles. The maximum absolute atomic E-state index is 13.1. The van der Waals surface area contributed by atoms with Crippen molar-refractivity contribution in [1.29, 1.82) is 0 Å². The van der Waals surface area contributed by atoms with E-state index in [-0.39, 0.29) is 31.0 Å². The Bertz CT molecular complexity index is 815. The summed E-state index contributed by atoms with van der Waals surface area (Å²) in [6.45, 7) is 2.22. The lowest BCUT2D eigenvalue weighted by molar-refractivity contribution is -0.226. The first-order valence-electron chi connectivity index (χ1n) is 9.16. The van der Waals surface area contributed by atoms with E-state index < -0.39 is 11.7 Å². The molecule has 0 atom stereocenters. The topological polar surface area (TPSA) is 56.8 Å². The lowest BCUT2D eigenvalue weighted by atomic mass is 9.90. The maximum atomic E-state index is 13.1. The smallest absolute Gasteiger partial charge is 0.234 e. The number of nitrogens with one attached hydrogen (secondary N) is 1. The lowest BCUT2D eigenvalue weighted by Crippen LogP contribution is -2.45. The molecule has 0 saturated carbocycles. The number of amides is 1. The lowest BCUT2D eigenvalue weighted by Gasteiger charge is -2.36. The average Bonchev–Trinajstić information content (AvgIpc) is 2.67. The Hall–Kier alpha value is -2.09. The standard InChI is InChI=1S/C21H22FNO4S/c1-21(12-25-19(26-13-21)14-2-4-15(22)5-3-14)20(24)23-16-6-8-17(9-7-16)27-18-10-28-11-18/h2-9,18-19H,10-13H2,1H3,(H,23,24). The molecule has 2 fully saturated rings. The van der Waals surface area contributed by atoms with Gasteiger partial charge in [-0.3, -0.25) is 4.79 Å². The SMILES string of the molecule is CC1(C(=O)Nc2ccc(OC3CSC3)cc2)COC(c2ccc(F)cc2)OC1. The summed E-state index contributed by atoms with van der Waals surface area (Å²) in [6, 6.07) is 13.3. The van der Waals surface area contributed by atoms with Crippen LogP contribution in [0.3, 0.4) is 0 Å². The van der Waals surface area contributed by atoms with E-state index in [1.54, 1.807) is 19.1 Å². The third kappa shape index (κ3) is 4.32. The Morgan fingerprint density at radius 3 is 2.32 bits per heavy atom. The summed E-state index contributed by atoms with van der Waals surface area (Å²) in [7, 11) is 0. The van der Waals surface area contributed by atoms with Gasteiger partial charge in [0.05, 0.1) is 18.6 Å². The quantitative estimate of drug-likeness (QED) is 0.818. The van der Waals surface area contributed by atoms with Gasteiger partial charge in [0, 0.05) is 22.8 Å². The number of rotatable bonds is 5. The first kappa shape index (κ1) is 19.2. The van der Waals surface area contributed by atoms with E-state index in [9.17, 15) is 9.18 Å². The zero-order valence-electron chi connectivity index (χ0n) is 15.5. The number of halogens is 1. The van der Waals surface area contributed by atoms with Gasteiger partial charge < -0.3 is 19.5 Å². The molecule has 0 bridgehead atoms. The Kier molecular flexibility index (Phi) is 5.57. The number of carbonyl (C=O) groups is 1. The van der Waals surface area contributed by atoms with Crippen LogP contribution in [-0.2, 0) is 14.3 Å². The van der Waals surface area contributed by atoms with Gasteiger partial charge in [0.2, 0.25) is 5.91 Å². The summed E-state index contributed by atoms with van der Waals surface area (Å²) in [4.78, 5) is 12.7. The third-order valence-electron chi connectivity index (χ3n) is 4.82. The first-order chi connectivity index (χ1) is 13.5. The van der Waals surface area contributed by atoms with Gasteiger partial charge in [-0.05, 0) is 43.3 Å². The number of hydrogen-bond acceptors (Lipinski definition) is 5. The summed E-state index contributed by atoms with van der Waals surface area (Å²) in [5.74, 6) is 2.37. The molecule has 2 saturated heterocycles. The first-order valence-corrected chi connectivity index (χ1v) is 10.3. The molecule has 4 rings (SSSR count). The molecule has 2 aliphatic heterocycles. The molecule has 1 N–H and O–H groups in total. The van der Waals surface area contributed by atoms with Gasteiger partial charge in [-0.25, -0.2) is 4.39 Å². The van der Waals surface area contributed by atoms with Crippen LogP contribution >= 0.6 is 11.8 Å². The van der Waals surface area contributed by atoms with Crippen molar-refractivity contribution in [3.8, 4) is 5.75 Å². The van der Waals surface area contributed by atoms with Crippen LogP contribution in [-0.4, -0.2) is 36.7 Å². The van der Waals surface area contributed by atoms with Crippen LogP contribution in [0, 0.1) is 11.2 Å². The predicted molar refractivity (Wildman–Crippen MR) is 106 cm³/mol. The van der Waals surface area contributed by atoms with Crippen molar-refractivity contribution < 1.29 is 23.4 Å². The summed E-state index contributed by atoms with van der Waals surface area (Å²) in [5, 5.41) is 2.91. The molecule has 148 valence electrons. The van der Waals surface area contributed by atoms with Gasteiger partial charge in [-0.2, -0.15) is 11.8 Å². The second-order valence-electron chi connectivity index (χ2n) is 7.32. The molecule has 7 heteroatoms. The zero-order valence-corrected chi connectivity index (χ0v) is 16.3. The van der Waals surface area contributed by atoms with Crippen LogP contribution in [0.5, 0.6) is 5.75 Å². The normalized spacial score (nSPS) is 25.0. The van der Waals surface area contributed by atoms with Crippen LogP contribution < -0.4 is 10.1 Å². The largest absolute Gasteiger partial charge is 0.489 e. The van der Waals surface area contributed by atoms with Gasteiger partial charge in [-0.15, -0.1) is 0 Å². The fourth-order valence-corrected chi connectivity index (χ4v) is 3.49. The maximum Gasteiger partial charge on any atom is 0.234 e. The minimum atomic E-state index is -0.811. The van der Waals surface area contributed by atoms with Gasteiger partial charge in [0.25, 0.3) is 0 Å². The van der Waals surface area contributed by atoms with E-state index in [0.29, 0.717) is 5.69 Å². The van der Waals surface area contributed by atoms with E-state index in [2.05, 4.69) is 5.32 Å². The molecule has 0 aromatic heterocycles. The highest BCUT2D eigenvalue weighted by Crippen LogP contribution is 2.33. The van der Waals surface area contributed by atoms with E-state index in [4.69, 9.17) is 14.2 Å². The summed E-state index contributed by atoms with van der Waals surface area (Å²) in [6.07, 6.45) is -0.308. The molecule has 0 aliphatic carbocycles. The van der Waals surface area contributed by atoms with Crippen molar-refractivity contribution in [1.82, 2.24) is 0 Å². The van der Waals surface area contributed by atoms with Crippen molar-refractivity contribution in [3.05, 3.63) is 59.9 Å². The van der Waals surface area contributed by atoms with Crippen molar-refractivity contribution in [3.63, 3.8) is 0 Å². The number of carbonyl (C=O) groups excluding carboxylic acids is 1. The van der Waals surface area contributed by atoms with Crippen molar-refractivity contribution in [2.75, 3.05) is 30.0 Å². The van der Waals surface area contributed by atoms with Crippen LogP contribution in [0.2, 0.25) is 0 Å². The van der Waals surface area contributed by atoms with Crippen molar-refractivity contribution >= 4 is 23.4 Å². The Morgan fingerprint density at radius 2 is 1.75 bits per heavy atom. The van der Waals surface area contributed by atoms with Crippen LogP contribution in [0.4, 0.5) is 10.1 Å². The Labute approximate surface area is 167 Å². The van der Waals surface area contributed by atoms with Gasteiger partial charge in [-0.1, -0.05) is 12.1 Å². The van der Waals surface area contributed by atoms with E-state index >= 15 is 0 Å². The number of ether oxygens (including phenoxy) is 3. The zero-order chi connectivity index (χ0) is 19.6. The van der Waals surface area contributed by atoms with Crippen LogP contribution in [0.25, 0.3) is 0 Å². The number of anilines is 1. The summed E-state index contributed by atoms with van der Waals surface area (Å²) >= 11 is 1.87. The minimum Gasteiger partial charge on any atom is -0.489 e. The molecule has 0 unspecified atom stereocenters. The fraction of sp³-hybridized carbons (Fsp3) is 0.381. The van der Waals surface area contributed by atoms with Crippen molar-refractivity contribution in [2.24, 2.45) is 5.41 Å². The van der Waals surface area contributed by atoms with Gasteiger partial charge >= 0.3 is 0 Å². The third-order valence-corrected chi connectivity index (χ3v) is 6.03.